The van der Waals surface area contributed by atoms with Gasteiger partial charge in [0.25, 0.3) is 0 Å². The van der Waals surface area contributed by atoms with Gasteiger partial charge in [-0.3, -0.25) is 0 Å². The van der Waals surface area contributed by atoms with Crippen molar-refractivity contribution in [1.82, 2.24) is 0 Å². The third-order valence-electron chi connectivity index (χ3n) is 4.48. The highest BCUT2D eigenvalue weighted by Crippen LogP contribution is 2.24. The molecular weight excluding hydrogens is 310 g/mol. The lowest BCUT2D eigenvalue weighted by atomic mass is 9.98. The van der Waals surface area contributed by atoms with Gasteiger partial charge in [0.2, 0.25) is 0 Å². The van der Waals surface area contributed by atoms with E-state index in [-0.39, 0.29) is 12.2 Å². The second-order valence-electron chi connectivity index (χ2n) is 6.18. The van der Waals surface area contributed by atoms with E-state index in [0.29, 0.717) is 26.1 Å². The predicted octanol–water partition coefficient (Wildman–Crippen LogP) is 4.62. The van der Waals surface area contributed by atoms with Crippen molar-refractivity contribution in [1.29, 1.82) is 0 Å². The van der Waals surface area contributed by atoms with Crippen molar-refractivity contribution >= 4 is 0 Å². The van der Waals surface area contributed by atoms with Crippen LogP contribution < -0.4 is 0 Å². The van der Waals surface area contributed by atoms with E-state index in [2.05, 4.69) is 31.2 Å². The van der Waals surface area contributed by atoms with E-state index in [1.54, 1.807) is 6.07 Å². The standard InChI is InChI=1S/C20H22F2O2/c1-2-14-3-7-16(8-4-14)17-12-23-20(24-13-17)10-6-15-5-9-18(21)19(22)11-15/h3-5,7-9,11,17,20H,2,6,10,12-13H2,1H3. The SMILES string of the molecule is CCc1ccc(C2COC(CCc3ccc(F)c(F)c3)OC2)cc1. The topological polar surface area (TPSA) is 18.5 Å². The molecule has 4 heteroatoms. The van der Waals surface area contributed by atoms with Gasteiger partial charge < -0.3 is 9.47 Å². The van der Waals surface area contributed by atoms with E-state index in [1.165, 1.54) is 17.2 Å². The highest BCUT2D eigenvalue weighted by Gasteiger charge is 2.23. The lowest BCUT2D eigenvalue weighted by molar-refractivity contribution is -0.189. The molecule has 1 fully saturated rings. The van der Waals surface area contributed by atoms with Gasteiger partial charge in [0.15, 0.2) is 17.9 Å². The lowest BCUT2D eigenvalue weighted by Gasteiger charge is -2.29. The maximum Gasteiger partial charge on any atom is 0.159 e. The molecule has 128 valence electrons. The van der Waals surface area contributed by atoms with E-state index in [9.17, 15) is 8.78 Å². The molecule has 1 aliphatic heterocycles. The molecule has 1 heterocycles. The summed E-state index contributed by atoms with van der Waals surface area (Å²) < 4.78 is 37.7. The van der Waals surface area contributed by atoms with Crippen molar-refractivity contribution in [3.63, 3.8) is 0 Å². The Hall–Kier alpha value is -1.78. The van der Waals surface area contributed by atoms with Crippen molar-refractivity contribution in [2.75, 3.05) is 13.2 Å². The van der Waals surface area contributed by atoms with Crippen molar-refractivity contribution in [2.45, 2.75) is 38.4 Å². The van der Waals surface area contributed by atoms with Crippen LogP contribution in [0, 0.1) is 11.6 Å². The van der Waals surface area contributed by atoms with Gasteiger partial charge in [-0.05, 0) is 41.7 Å². The molecule has 0 saturated carbocycles. The Balaban J connectivity index is 1.48. The zero-order chi connectivity index (χ0) is 16.9. The zero-order valence-electron chi connectivity index (χ0n) is 13.8. The van der Waals surface area contributed by atoms with Crippen LogP contribution in [0.5, 0.6) is 0 Å². The first-order valence-corrected chi connectivity index (χ1v) is 8.41. The Bertz CT molecular complexity index is 662. The number of hydrogen-bond acceptors (Lipinski definition) is 2. The summed E-state index contributed by atoms with van der Waals surface area (Å²) in [5.74, 6) is -1.38. The molecule has 0 aliphatic carbocycles. The monoisotopic (exact) mass is 332 g/mol. The molecular formula is C20H22F2O2. The molecule has 1 saturated heterocycles. The fourth-order valence-corrected chi connectivity index (χ4v) is 2.91. The first kappa shape index (κ1) is 17.1. The molecule has 3 rings (SSSR count). The molecule has 0 spiro atoms. The van der Waals surface area contributed by atoms with Crippen LogP contribution >= 0.6 is 0 Å². The average molecular weight is 332 g/mol. The Morgan fingerprint density at radius 1 is 0.917 bits per heavy atom. The smallest absolute Gasteiger partial charge is 0.159 e. The highest BCUT2D eigenvalue weighted by atomic mass is 19.2. The molecule has 0 unspecified atom stereocenters. The predicted molar refractivity (Wildman–Crippen MR) is 88.9 cm³/mol. The summed E-state index contributed by atoms with van der Waals surface area (Å²) in [5, 5.41) is 0. The van der Waals surface area contributed by atoms with Crippen molar-refractivity contribution in [3.05, 3.63) is 70.8 Å². The molecule has 0 amide bonds. The second-order valence-corrected chi connectivity index (χ2v) is 6.18. The second kappa shape index (κ2) is 7.86. The van der Waals surface area contributed by atoms with Crippen LogP contribution in [0.3, 0.4) is 0 Å². The number of rotatable bonds is 5. The normalized spacial score (nSPS) is 21.0. The number of hydrogen-bond donors (Lipinski definition) is 0. The van der Waals surface area contributed by atoms with E-state index >= 15 is 0 Å². The molecule has 1 aliphatic rings. The third kappa shape index (κ3) is 4.19. The van der Waals surface area contributed by atoms with Gasteiger partial charge in [0.1, 0.15) is 0 Å². The molecule has 0 radical (unpaired) electrons. The van der Waals surface area contributed by atoms with Crippen LogP contribution in [0.2, 0.25) is 0 Å². The van der Waals surface area contributed by atoms with Crippen LogP contribution in [-0.2, 0) is 22.3 Å². The summed E-state index contributed by atoms with van der Waals surface area (Å²) in [6.45, 7) is 3.38. The van der Waals surface area contributed by atoms with Crippen molar-refractivity contribution in [2.24, 2.45) is 0 Å². The summed E-state index contributed by atoms with van der Waals surface area (Å²) in [6, 6.07) is 12.5. The number of benzene rings is 2. The first-order valence-electron chi connectivity index (χ1n) is 8.41. The van der Waals surface area contributed by atoms with Crippen LogP contribution in [0.15, 0.2) is 42.5 Å². The van der Waals surface area contributed by atoms with Gasteiger partial charge >= 0.3 is 0 Å². The van der Waals surface area contributed by atoms with Gasteiger partial charge in [0, 0.05) is 12.3 Å². The minimum Gasteiger partial charge on any atom is -0.352 e. The van der Waals surface area contributed by atoms with Gasteiger partial charge in [-0.1, -0.05) is 37.3 Å². The maximum absolute atomic E-state index is 13.2. The molecule has 24 heavy (non-hydrogen) atoms. The molecule has 0 atom stereocenters. The number of halogens is 2. The maximum atomic E-state index is 13.2. The van der Waals surface area contributed by atoms with Crippen LogP contribution in [-0.4, -0.2) is 19.5 Å². The Morgan fingerprint density at radius 3 is 2.21 bits per heavy atom. The van der Waals surface area contributed by atoms with Crippen LogP contribution in [0.1, 0.15) is 36.0 Å². The quantitative estimate of drug-likeness (QED) is 0.795. The third-order valence-corrected chi connectivity index (χ3v) is 4.48. The Morgan fingerprint density at radius 2 is 1.58 bits per heavy atom. The lowest BCUT2D eigenvalue weighted by Crippen LogP contribution is -2.31. The van der Waals surface area contributed by atoms with Crippen LogP contribution in [0.25, 0.3) is 0 Å². The number of aryl methyl sites for hydroxylation is 2. The highest BCUT2D eigenvalue weighted by molar-refractivity contribution is 5.25. The summed E-state index contributed by atoms with van der Waals surface area (Å²) >= 11 is 0. The summed E-state index contributed by atoms with van der Waals surface area (Å²) in [5.41, 5.74) is 3.30. The fraction of sp³-hybridized carbons (Fsp3) is 0.400. The van der Waals surface area contributed by atoms with Gasteiger partial charge in [-0.15, -0.1) is 0 Å². The minimum absolute atomic E-state index is 0.246. The average Bonchev–Trinajstić information content (AvgIpc) is 2.63. The van der Waals surface area contributed by atoms with Crippen molar-refractivity contribution in [3.8, 4) is 0 Å². The van der Waals surface area contributed by atoms with Crippen molar-refractivity contribution < 1.29 is 18.3 Å². The molecule has 2 nitrogen and oxygen atoms in total. The first-order chi connectivity index (χ1) is 11.7. The largest absolute Gasteiger partial charge is 0.352 e. The van der Waals surface area contributed by atoms with E-state index in [4.69, 9.17) is 9.47 Å². The molecule has 2 aromatic carbocycles. The molecule has 2 aromatic rings. The van der Waals surface area contributed by atoms with Gasteiger partial charge in [0.05, 0.1) is 13.2 Å². The van der Waals surface area contributed by atoms with Gasteiger partial charge in [-0.25, -0.2) is 8.78 Å². The molecule has 0 bridgehead atoms. The van der Waals surface area contributed by atoms with E-state index in [1.807, 2.05) is 0 Å². The number of ether oxygens (including phenoxy) is 2. The van der Waals surface area contributed by atoms with E-state index < -0.39 is 11.6 Å². The summed E-state index contributed by atoms with van der Waals surface area (Å²) in [7, 11) is 0. The van der Waals surface area contributed by atoms with Gasteiger partial charge in [-0.2, -0.15) is 0 Å². The van der Waals surface area contributed by atoms with E-state index in [0.717, 1.165) is 18.1 Å². The summed E-state index contributed by atoms with van der Waals surface area (Å²) in [6.07, 6.45) is 1.97. The molecule has 0 N–H and O–H groups in total. The Labute approximate surface area is 141 Å². The minimum atomic E-state index is -0.819. The summed E-state index contributed by atoms with van der Waals surface area (Å²) in [4.78, 5) is 0. The Kier molecular flexibility index (Phi) is 5.59. The molecule has 0 aromatic heterocycles. The fourth-order valence-electron chi connectivity index (χ4n) is 2.91. The zero-order valence-corrected chi connectivity index (χ0v) is 13.8. The van der Waals surface area contributed by atoms with Crippen LogP contribution in [0.4, 0.5) is 8.78 Å².